The standard InChI is InChI=1S/C5H8N2.CH4/c1-5-3-4-7(2)6-5;/h3-4H,1-2H3;1H4. The fourth-order valence-corrected chi connectivity index (χ4v) is 0.531. The van der Waals surface area contributed by atoms with Crippen LogP contribution in [0.1, 0.15) is 13.1 Å². The van der Waals surface area contributed by atoms with E-state index in [1.165, 1.54) is 0 Å². The Kier molecular flexibility index (Phi) is 2.25. The van der Waals surface area contributed by atoms with E-state index in [-0.39, 0.29) is 7.43 Å². The lowest BCUT2D eigenvalue weighted by Gasteiger charge is -1.79. The van der Waals surface area contributed by atoms with Crippen molar-refractivity contribution in [2.45, 2.75) is 14.4 Å². The third-order valence-electron chi connectivity index (χ3n) is 0.847. The van der Waals surface area contributed by atoms with Gasteiger partial charge < -0.3 is 0 Å². The molecular formula is C6H12N2. The van der Waals surface area contributed by atoms with E-state index in [0.29, 0.717) is 0 Å². The monoisotopic (exact) mass is 112 g/mol. The van der Waals surface area contributed by atoms with Crippen molar-refractivity contribution in [1.82, 2.24) is 9.78 Å². The van der Waals surface area contributed by atoms with Gasteiger partial charge in [-0.05, 0) is 13.0 Å². The average molecular weight is 112 g/mol. The minimum absolute atomic E-state index is 0. The van der Waals surface area contributed by atoms with Crippen molar-refractivity contribution in [1.29, 1.82) is 0 Å². The summed E-state index contributed by atoms with van der Waals surface area (Å²) >= 11 is 0. The van der Waals surface area contributed by atoms with Gasteiger partial charge >= 0.3 is 0 Å². The molecule has 0 aliphatic heterocycles. The number of rotatable bonds is 0. The molecule has 0 N–H and O–H groups in total. The first-order valence-corrected chi connectivity index (χ1v) is 2.25. The fraction of sp³-hybridized carbons (Fsp3) is 0.500. The highest BCUT2D eigenvalue weighted by Crippen LogP contribution is 1.86. The predicted molar refractivity (Wildman–Crippen MR) is 34.7 cm³/mol. The molecule has 0 fully saturated rings. The molecular weight excluding hydrogens is 100 g/mol. The highest BCUT2D eigenvalue weighted by atomic mass is 15.2. The molecule has 0 bridgehead atoms. The van der Waals surface area contributed by atoms with Crippen LogP contribution in [0.3, 0.4) is 0 Å². The number of hydrogen-bond donors (Lipinski definition) is 0. The van der Waals surface area contributed by atoms with Crippen molar-refractivity contribution in [2.24, 2.45) is 7.05 Å². The maximum Gasteiger partial charge on any atom is 0.0593 e. The second-order valence-electron chi connectivity index (χ2n) is 1.63. The van der Waals surface area contributed by atoms with E-state index in [9.17, 15) is 0 Å². The predicted octanol–water partition coefficient (Wildman–Crippen LogP) is 1.36. The quantitative estimate of drug-likeness (QED) is 0.495. The molecule has 0 radical (unpaired) electrons. The van der Waals surface area contributed by atoms with Gasteiger partial charge in [0.25, 0.3) is 0 Å². The first kappa shape index (κ1) is 7.21. The topological polar surface area (TPSA) is 17.8 Å². The van der Waals surface area contributed by atoms with Gasteiger partial charge in [0, 0.05) is 13.2 Å². The summed E-state index contributed by atoms with van der Waals surface area (Å²) in [6.45, 7) is 1.97. The van der Waals surface area contributed by atoms with Crippen LogP contribution in [0.25, 0.3) is 0 Å². The minimum atomic E-state index is 0. The van der Waals surface area contributed by atoms with Crippen molar-refractivity contribution < 1.29 is 0 Å². The highest BCUT2D eigenvalue weighted by Gasteiger charge is 1.81. The lowest BCUT2D eigenvalue weighted by atomic mass is 10.5. The summed E-state index contributed by atoms with van der Waals surface area (Å²) in [4.78, 5) is 0. The summed E-state index contributed by atoms with van der Waals surface area (Å²) in [5.41, 5.74) is 1.07. The second kappa shape index (κ2) is 2.50. The van der Waals surface area contributed by atoms with Crippen LogP contribution in [0, 0.1) is 6.92 Å². The van der Waals surface area contributed by atoms with Crippen molar-refractivity contribution in [3.63, 3.8) is 0 Å². The molecule has 1 aromatic rings. The zero-order valence-corrected chi connectivity index (χ0v) is 4.55. The van der Waals surface area contributed by atoms with Gasteiger partial charge in [-0.2, -0.15) is 5.10 Å². The first-order chi connectivity index (χ1) is 3.29. The van der Waals surface area contributed by atoms with Gasteiger partial charge in [0.15, 0.2) is 0 Å². The zero-order chi connectivity index (χ0) is 5.28. The van der Waals surface area contributed by atoms with Crippen LogP contribution in [0.2, 0.25) is 0 Å². The summed E-state index contributed by atoms with van der Waals surface area (Å²) in [6, 6.07) is 1.97. The molecule has 0 atom stereocenters. The van der Waals surface area contributed by atoms with E-state index in [0.717, 1.165) is 5.69 Å². The number of aryl methyl sites for hydroxylation is 2. The molecule has 1 rings (SSSR count). The van der Waals surface area contributed by atoms with Crippen LogP contribution >= 0.6 is 0 Å². The van der Waals surface area contributed by atoms with Crippen LogP contribution in [0.15, 0.2) is 12.3 Å². The lowest BCUT2D eigenvalue weighted by molar-refractivity contribution is 0.756. The SMILES string of the molecule is C.Cc1ccn(C)n1. The van der Waals surface area contributed by atoms with Crippen molar-refractivity contribution >= 4 is 0 Å². The summed E-state index contributed by atoms with van der Waals surface area (Å²) in [5, 5.41) is 4.03. The van der Waals surface area contributed by atoms with E-state index >= 15 is 0 Å². The molecule has 0 unspecified atom stereocenters. The third-order valence-corrected chi connectivity index (χ3v) is 0.847. The van der Waals surface area contributed by atoms with Crippen LogP contribution < -0.4 is 0 Å². The molecule has 1 aromatic heterocycles. The molecule has 0 saturated heterocycles. The normalized spacial score (nSPS) is 8.25. The Labute approximate surface area is 50.1 Å². The lowest BCUT2D eigenvalue weighted by Crippen LogP contribution is -1.86. The van der Waals surface area contributed by atoms with Crippen LogP contribution in [0.4, 0.5) is 0 Å². The zero-order valence-electron chi connectivity index (χ0n) is 4.55. The molecule has 0 saturated carbocycles. The summed E-state index contributed by atoms with van der Waals surface area (Å²) in [5.74, 6) is 0. The smallest absolute Gasteiger partial charge is 0.0593 e. The van der Waals surface area contributed by atoms with E-state index in [2.05, 4.69) is 5.10 Å². The largest absolute Gasteiger partial charge is 0.276 e. The molecule has 2 nitrogen and oxygen atoms in total. The fourth-order valence-electron chi connectivity index (χ4n) is 0.531. The molecule has 1 heterocycles. The molecule has 0 aliphatic rings. The molecule has 0 aliphatic carbocycles. The van der Waals surface area contributed by atoms with Crippen molar-refractivity contribution in [2.75, 3.05) is 0 Å². The summed E-state index contributed by atoms with van der Waals surface area (Å²) < 4.78 is 1.79. The van der Waals surface area contributed by atoms with Gasteiger partial charge in [0.1, 0.15) is 0 Å². The molecule has 8 heavy (non-hydrogen) atoms. The maximum absolute atomic E-state index is 4.03. The van der Waals surface area contributed by atoms with Gasteiger partial charge in [0.05, 0.1) is 5.69 Å². The van der Waals surface area contributed by atoms with Crippen LogP contribution in [0.5, 0.6) is 0 Å². The van der Waals surface area contributed by atoms with Gasteiger partial charge in [-0.1, -0.05) is 7.43 Å². The number of aromatic nitrogens is 2. The van der Waals surface area contributed by atoms with Crippen molar-refractivity contribution in [3.05, 3.63) is 18.0 Å². The van der Waals surface area contributed by atoms with Gasteiger partial charge in [-0.25, -0.2) is 0 Å². The minimum Gasteiger partial charge on any atom is -0.276 e. The van der Waals surface area contributed by atoms with E-state index in [4.69, 9.17) is 0 Å². The Morgan fingerprint density at radius 3 is 2.38 bits per heavy atom. The van der Waals surface area contributed by atoms with Gasteiger partial charge in [0.2, 0.25) is 0 Å². The third kappa shape index (κ3) is 1.37. The Morgan fingerprint density at radius 1 is 1.62 bits per heavy atom. The Morgan fingerprint density at radius 2 is 2.25 bits per heavy atom. The van der Waals surface area contributed by atoms with Crippen LogP contribution in [-0.4, -0.2) is 9.78 Å². The number of nitrogens with zero attached hydrogens (tertiary/aromatic N) is 2. The summed E-state index contributed by atoms with van der Waals surface area (Å²) in [7, 11) is 1.91. The maximum atomic E-state index is 4.03. The van der Waals surface area contributed by atoms with E-state index in [1.807, 2.05) is 26.2 Å². The second-order valence-corrected chi connectivity index (χ2v) is 1.63. The first-order valence-electron chi connectivity index (χ1n) is 2.25. The highest BCUT2D eigenvalue weighted by molar-refractivity contribution is 4.93. The Balaban J connectivity index is 0.000000490. The van der Waals surface area contributed by atoms with E-state index in [1.54, 1.807) is 4.68 Å². The van der Waals surface area contributed by atoms with Gasteiger partial charge in [-0.15, -0.1) is 0 Å². The average Bonchev–Trinajstić information content (AvgIpc) is 1.87. The van der Waals surface area contributed by atoms with Gasteiger partial charge in [-0.3, -0.25) is 4.68 Å². The molecule has 2 heteroatoms. The molecule has 0 amide bonds. The van der Waals surface area contributed by atoms with Crippen LogP contribution in [-0.2, 0) is 7.05 Å². The molecule has 0 aromatic carbocycles. The number of hydrogen-bond acceptors (Lipinski definition) is 1. The van der Waals surface area contributed by atoms with Crippen molar-refractivity contribution in [3.8, 4) is 0 Å². The Bertz CT molecular complexity index is 139. The summed E-state index contributed by atoms with van der Waals surface area (Å²) in [6.07, 6.45) is 1.93. The van der Waals surface area contributed by atoms with E-state index < -0.39 is 0 Å². The Hall–Kier alpha value is -0.790. The molecule has 0 spiro atoms. The molecule has 46 valence electrons.